The van der Waals surface area contributed by atoms with E-state index >= 15 is 0 Å². The molecule has 1 aliphatic carbocycles. The van der Waals surface area contributed by atoms with Crippen molar-refractivity contribution in [2.75, 3.05) is 4.90 Å². The third-order valence-electron chi connectivity index (χ3n) is 4.54. The summed E-state index contributed by atoms with van der Waals surface area (Å²) in [6.45, 7) is 1.94. The van der Waals surface area contributed by atoms with Gasteiger partial charge in [0.1, 0.15) is 11.6 Å². The smallest absolute Gasteiger partial charge is 0.253 e. The summed E-state index contributed by atoms with van der Waals surface area (Å²) in [5.41, 5.74) is 0.118. The van der Waals surface area contributed by atoms with Crippen molar-refractivity contribution in [3.8, 4) is 0 Å². The highest BCUT2D eigenvalue weighted by Crippen LogP contribution is 2.37. The molecule has 1 saturated carbocycles. The molecule has 0 bridgehead atoms. The lowest BCUT2D eigenvalue weighted by Gasteiger charge is -2.44. The van der Waals surface area contributed by atoms with E-state index in [4.69, 9.17) is 0 Å². The van der Waals surface area contributed by atoms with E-state index in [1.165, 1.54) is 0 Å². The molecule has 1 unspecified atom stereocenters. The Labute approximate surface area is 133 Å². The van der Waals surface area contributed by atoms with E-state index in [2.05, 4.69) is 21.2 Å². The topological polar surface area (TPSA) is 49.4 Å². The Hall–Kier alpha value is -1.36. The summed E-state index contributed by atoms with van der Waals surface area (Å²) >= 11 is 3.44. The Morgan fingerprint density at radius 3 is 2.67 bits per heavy atom. The Kier molecular flexibility index (Phi) is 3.78. The van der Waals surface area contributed by atoms with Crippen LogP contribution in [0.3, 0.4) is 0 Å². The van der Waals surface area contributed by atoms with Crippen LogP contribution in [0.4, 0.5) is 5.69 Å². The first-order chi connectivity index (χ1) is 10.1. The second-order valence-corrected chi connectivity index (χ2v) is 6.77. The van der Waals surface area contributed by atoms with Crippen LogP contribution in [0.25, 0.3) is 0 Å². The maximum Gasteiger partial charge on any atom is 0.253 e. The average Bonchev–Trinajstić information content (AvgIpc) is 2.92. The fraction of sp³-hybridized carbons (Fsp3) is 0.500. The number of anilines is 1. The van der Waals surface area contributed by atoms with E-state index in [1.54, 1.807) is 4.90 Å². The Bertz CT molecular complexity index is 581. The molecule has 1 aromatic rings. The number of hydrogen-bond donors (Lipinski definition) is 1. The molecular formula is C16H19BrN2O2. The first-order valence-electron chi connectivity index (χ1n) is 7.49. The normalized spacial score (nSPS) is 24.5. The zero-order valence-electron chi connectivity index (χ0n) is 12.1. The predicted molar refractivity (Wildman–Crippen MR) is 85.0 cm³/mol. The van der Waals surface area contributed by atoms with E-state index in [-0.39, 0.29) is 11.8 Å². The van der Waals surface area contributed by atoms with Crippen molar-refractivity contribution >= 4 is 33.4 Å². The summed E-state index contributed by atoms with van der Waals surface area (Å²) in [5.74, 6) is 0.0172. The van der Waals surface area contributed by atoms with E-state index in [0.29, 0.717) is 6.42 Å². The number of carbonyl (C=O) groups excluding carboxylic acids is 2. The van der Waals surface area contributed by atoms with Gasteiger partial charge in [-0.1, -0.05) is 41.8 Å². The molecule has 1 atom stereocenters. The van der Waals surface area contributed by atoms with Crippen molar-refractivity contribution < 1.29 is 9.59 Å². The molecule has 21 heavy (non-hydrogen) atoms. The number of hydrogen-bond acceptors (Lipinski definition) is 2. The number of carbonyl (C=O) groups is 2. The maximum atomic E-state index is 13.1. The molecule has 112 valence electrons. The number of amides is 2. The van der Waals surface area contributed by atoms with Crippen molar-refractivity contribution in [3.05, 3.63) is 28.7 Å². The van der Waals surface area contributed by atoms with Crippen LogP contribution in [-0.4, -0.2) is 23.4 Å². The van der Waals surface area contributed by atoms with Gasteiger partial charge in [-0.05, 0) is 37.5 Å². The van der Waals surface area contributed by atoms with E-state index in [9.17, 15) is 9.59 Å². The molecule has 1 N–H and O–H groups in total. The molecule has 1 spiro atoms. The fourth-order valence-corrected chi connectivity index (χ4v) is 3.86. The SMILES string of the molecule is CCC1C(=O)NC2(CCCC2)C(=O)N1c1cccc(Br)c1. The molecule has 1 saturated heterocycles. The zero-order chi connectivity index (χ0) is 15.0. The van der Waals surface area contributed by atoms with Crippen LogP contribution in [0.2, 0.25) is 0 Å². The van der Waals surface area contributed by atoms with Gasteiger partial charge in [0, 0.05) is 10.2 Å². The second-order valence-electron chi connectivity index (χ2n) is 5.86. The largest absolute Gasteiger partial charge is 0.340 e. The molecule has 0 aromatic heterocycles. The van der Waals surface area contributed by atoms with Gasteiger partial charge >= 0.3 is 0 Å². The monoisotopic (exact) mass is 350 g/mol. The molecule has 1 heterocycles. The summed E-state index contributed by atoms with van der Waals surface area (Å²) in [6.07, 6.45) is 4.10. The van der Waals surface area contributed by atoms with Gasteiger partial charge in [-0.3, -0.25) is 14.5 Å². The first-order valence-corrected chi connectivity index (χ1v) is 8.28. The lowest BCUT2D eigenvalue weighted by Crippen LogP contribution is -2.69. The third-order valence-corrected chi connectivity index (χ3v) is 5.03. The molecule has 3 rings (SSSR count). The van der Waals surface area contributed by atoms with Gasteiger partial charge in [0.25, 0.3) is 5.91 Å². The van der Waals surface area contributed by atoms with Crippen molar-refractivity contribution in [2.24, 2.45) is 0 Å². The van der Waals surface area contributed by atoms with Gasteiger partial charge in [-0.2, -0.15) is 0 Å². The number of halogens is 1. The minimum Gasteiger partial charge on any atom is -0.340 e. The molecule has 1 aromatic carbocycles. The van der Waals surface area contributed by atoms with Crippen LogP contribution in [-0.2, 0) is 9.59 Å². The van der Waals surface area contributed by atoms with Crippen LogP contribution in [0.1, 0.15) is 39.0 Å². The summed E-state index contributed by atoms with van der Waals surface area (Å²) < 4.78 is 0.911. The number of piperazine rings is 1. The minimum atomic E-state index is -0.676. The highest BCUT2D eigenvalue weighted by molar-refractivity contribution is 9.10. The Balaban J connectivity index is 2.04. The highest BCUT2D eigenvalue weighted by atomic mass is 79.9. The van der Waals surface area contributed by atoms with Crippen LogP contribution < -0.4 is 10.2 Å². The Morgan fingerprint density at radius 1 is 1.33 bits per heavy atom. The minimum absolute atomic E-state index is 0.0287. The molecular weight excluding hydrogens is 332 g/mol. The standard InChI is InChI=1S/C16H19BrN2O2/c1-2-13-14(20)18-16(8-3-4-9-16)15(21)19(13)12-7-5-6-11(17)10-12/h5-7,10,13H,2-4,8-9H2,1H3,(H,18,20). The highest BCUT2D eigenvalue weighted by Gasteiger charge is 2.52. The van der Waals surface area contributed by atoms with Crippen molar-refractivity contribution in [1.82, 2.24) is 5.32 Å². The number of nitrogens with one attached hydrogen (secondary N) is 1. The maximum absolute atomic E-state index is 13.1. The van der Waals surface area contributed by atoms with Gasteiger partial charge in [0.2, 0.25) is 5.91 Å². The average molecular weight is 351 g/mol. The summed E-state index contributed by atoms with van der Waals surface area (Å²) in [6, 6.07) is 7.20. The number of benzene rings is 1. The lowest BCUT2D eigenvalue weighted by molar-refractivity contribution is -0.138. The summed E-state index contributed by atoms with van der Waals surface area (Å²) in [4.78, 5) is 27.3. The van der Waals surface area contributed by atoms with E-state index in [1.807, 2.05) is 31.2 Å². The number of rotatable bonds is 2. The van der Waals surface area contributed by atoms with Gasteiger partial charge in [0.05, 0.1) is 0 Å². The number of nitrogens with zero attached hydrogens (tertiary/aromatic N) is 1. The van der Waals surface area contributed by atoms with Crippen LogP contribution in [0, 0.1) is 0 Å². The van der Waals surface area contributed by atoms with Crippen molar-refractivity contribution in [3.63, 3.8) is 0 Å². The van der Waals surface area contributed by atoms with Gasteiger partial charge in [-0.25, -0.2) is 0 Å². The summed E-state index contributed by atoms with van der Waals surface area (Å²) in [7, 11) is 0. The van der Waals surface area contributed by atoms with Gasteiger partial charge < -0.3 is 5.32 Å². The van der Waals surface area contributed by atoms with Gasteiger partial charge in [-0.15, -0.1) is 0 Å². The zero-order valence-corrected chi connectivity index (χ0v) is 13.6. The second kappa shape index (κ2) is 5.44. The molecule has 1 aliphatic heterocycles. The van der Waals surface area contributed by atoms with Crippen LogP contribution in [0.5, 0.6) is 0 Å². The van der Waals surface area contributed by atoms with Gasteiger partial charge in [0.15, 0.2) is 0 Å². The van der Waals surface area contributed by atoms with Crippen LogP contribution in [0.15, 0.2) is 28.7 Å². The van der Waals surface area contributed by atoms with Crippen molar-refractivity contribution in [2.45, 2.75) is 50.6 Å². The molecule has 2 aliphatic rings. The molecule has 4 nitrogen and oxygen atoms in total. The summed E-state index contributed by atoms with van der Waals surface area (Å²) in [5, 5.41) is 3.02. The lowest BCUT2D eigenvalue weighted by atomic mass is 9.89. The third kappa shape index (κ3) is 2.37. The quantitative estimate of drug-likeness (QED) is 0.891. The predicted octanol–water partition coefficient (Wildman–Crippen LogP) is 3.00. The van der Waals surface area contributed by atoms with Crippen molar-refractivity contribution in [1.29, 1.82) is 0 Å². The first kappa shape index (κ1) is 14.6. The molecule has 5 heteroatoms. The van der Waals surface area contributed by atoms with E-state index in [0.717, 1.165) is 35.8 Å². The van der Waals surface area contributed by atoms with E-state index < -0.39 is 11.6 Å². The Morgan fingerprint density at radius 2 is 2.05 bits per heavy atom. The van der Waals surface area contributed by atoms with Crippen LogP contribution >= 0.6 is 15.9 Å². The molecule has 2 fully saturated rings. The molecule has 0 radical (unpaired) electrons. The fourth-order valence-electron chi connectivity index (χ4n) is 3.47. The molecule has 2 amide bonds.